The van der Waals surface area contributed by atoms with Crippen LogP contribution in [0.2, 0.25) is 0 Å². The third-order valence-electron chi connectivity index (χ3n) is 4.71. The molecule has 1 aliphatic rings. The summed E-state index contributed by atoms with van der Waals surface area (Å²) in [7, 11) is 0. The zero-order valence-electron chi connectivity index (χ0n) is 15.9. The van der Waals surface area contributed by atoms with Crippen LogP contribution in [0.15, 0.2) is 54.7 Å². The molecule has 0 unspecified atom stereocenters. The predicted octanol–water partition coefficient (Wildman–Crippen LogP) is 3.31. The van der Waals surface area contributed by atoms with Gasteiger partial charge in [0.25, 0.3) is 5.91 Å². The molecular weight excluding hydrogens is 371 g/mol. The summed E-state index contributed by atoms with van der Waals surface area (Å²) in [6.45, 7) is 2.39. The quantitative estimate of drug-likeness (QED) is 0.677. The first kappa shape index (κ1) is 18.7. The highest BCUT2D eigenvalue weighted by Gasteiger charge is 2.34. The number of carbonyl (C=O) groups excluding carboxylic acids is 2. The summed E-state index contributed by atoms with van der Waals surface area (Å²) in [6, 6.07) is 13.6. The Labute approximate surface area is 167 Å². The van der Waals surface area contributed by atoms with Crippen LogP contribution in [-0.2, 0) is 17.6 Å². The fraction of sp³-hybridized carbons (Fsp3) is 0.182. The summed E-state index contributed by atoms with van der Waals surface area (Å²) < 4.78 is 13.3. The van der Waals surface area contributed by atoms with Gasteiger partial charge in [-0.15, -0.1) is 0 Å². The van der Waals surface area contributed by atoms with Crippen molar-refractivity contribution in [3.05, 3.63) is 82.9 Å². The fourth-order valence-corrected chi connectivity index (χ4v) is 3.31. The molecule has 0 fully saturated rings. The third kappa shape index (κ3) is 3.99. The molecule has 0 spiro atoms. The third-order valence-corrected chi connectivity index (χ3v) is 4.71. The second-order valence-corrected chi connectivity index (χ2v) is 6.92. The fourth-order valence-electron chi connectivity index (χ4n) is 3.31. The molecule has 2 aromatic carbocycles. The highest BCUT2D eigenvalue weighted by atomic mass is 19.1. The molecular formula is C22H19FN4O2. The van der Waals surface area contributed by atoms with Gasteiger partial charge in [0.1, 0.15) is 11.5 Å². The molecule has 1 N–H and O–H groups in total. The molecule has 7 heteroatoms. The van der Waals surface area contributed by atoms with Crippen molar-refractivity contribution in [1.82, 2.24) is 9.97 Å². The van der Waals surface area contributed by atoms with Crippen molar-refractivity contribution in [3.8, 4) is 0 Å². The zero-order valence-corrected chi connectivity index (χ0v) is 15.9. The molecule has 0 atom stereocenters. The lowest BCUT2D eigenvalue weighted by Gasteiger charge is -2.26. The van der Waals surface area contributed by atoms with Gasteiger partial charge in [0.05, 0.1) is 12.1 Å². The van der Waals surface area contributed by atoms with Crippen molar-refractivity contribution < 1.29 is 14.0 Å². The topological polar surface area (TPSA) is 75.2 Å². The van der Waals surface area contributed by atoms with Crippen molar-refractivity contribution in [3.63, 3.8) is 0 Å². The minimum atomic E-state index is -0.461. The molecule has 1 aromatic heterocycles. The smallest absolute Gasteiger partial charge is 0.284 e. The van der Waals surface area contributed by atoms with E-state index in [2.05, 4.69) is 15.3 Å². The molecule has 29 heavy (non-hydrogen) atoms. The lowest BCUT2D eigenvalue weighted by molar-refractivity contribution is -0.117. The van der Waals surface area contributed by atoms with E-state index in [1.807, 2.05) is 19.1 Å². The first-order chi connectivity index (χ1) is 14.0. The van der Waals surface area contributed by atoms with Gasteiger partial charge in [-0.2, -0.15) is 0 Å². The Hall–Kier alpha value is -3.61. The van der Waals surface area contributed by atoms with Crippen LogP contribution in [0.25, 0.3) is 0 Å². The first-order valence-electron chi connectivity index (χ1n) is 9.29. The highest BCUT2D eigenvalue weighted by Crippen LogP contribution is 2.25. The van der Waals surface area contributed by atoms with Crippen molar-refractivity contribution in [2.75, 3.05) is 16.8 Å². The molecule has 6 nitrogen and oxygen atoms in total. The summed E-state index contributed by atoms with van der Waals surface area (Å²) in [4.78, 5) is 35.2. The number of halogens is 1. The summed E-state index contributed by atoms with van der Waals surface area (Å²) in [6.07, 6.45) is 2.16. The second-order valence-electron chi connectivity index (χ2n) is 6.92. The maximum absolute atomic E-state index is 13.3. The Balaban J connectivity index is 1.52. The molecule has 3 aromatic rings. The number of imide groups is 1. The number of aryl methyl sites for hydroxylation is 1. The van der Waals surface area contributed by atoms with Gasteiger partial charge < -0.3 is 5.32 Å². The number of nitrogens with one attached hydrogen (secondary N) is 1. The standard InChI is InChI=1S/C22H19FN4O2/c1-14-4-2-7-18(10-14)27-19(28)12-16-13-25-22(26-20(16)21(27)29)24-9-8-15-5-3-6-17(23)11-15/h2-7,10-11,13H,8-9,12H2,1H3,(H,24,25,26). The number of carbonyl (C=O) groups is 2. The average Bonchev–Trinajstić information content (AvgIpc) is 2.69. The van der Waals surface area contributed by atoms with E-state index in [0.717, 1.165) is 11.1 Å². The maximum atomic E-state index is 13.3. The summed E-state index contributed by atoms with van der Waals surface area (Å²) in [5.41, 5.74) is 3.07. The summed E-state index contributed by atoms with van der Waals surface area (Å²) in [5.74, 6) is -0.743. The van der Waals surface area contributed by atoms with Gasteiger partial charge >= 0.3 is 0 Å². The molecule has 0 aliphatic carbocycles. The summed E-state index contributed by atoms with van der Waals surface area (Å²) in [5, 5.41) is 3.06. The van der Waals surface area contributed by atoms with Gasteiger partial charge in [-0.05, 0) is 48.7 Å². The van der Waals surface area contributed by atoms with E-state index < -0.39 is 5.91 Å². The normalized spacial score (nSPS) is 13.4. The van der Waals surface area contributed by atoms with Crippen molar-refractivity contribution in [1.29, 1.82) is 0 Å². The number of hydrogen-bond acceptors (Lipinski definition) is 5. The largest absolute Gasteiger partial charge is 0.354 e. The van der Waals surface area contributed by atoms with Crippen LogP contribution in [-0.4, -0.2) is 28.3 Å². The Bertz CT molecular complexity index is 1100. The van der Waals surface area contributed by atoms with Gasteiger partial charge in [-0.1, -0.05) is 24.3 Å². The zero-order chi connectivity index (χ0) is 20.4. The molecule has 146 valence electrons. The van der Waals surface area contributed by atoms with Crippen LogP contribution in [0.3, 0.4) is 0 Å². The van der Waals surface area contributed by atoms with E-state index in [1.54, 1.807) is 24.3 Å². The number of hydrogen-bond donors (Lipinski definition) is 1. The van der Waals surface area contributed by atoms with E-state index in [9.17, 15) is 14.0 Å². The van der Waals surface area contributed by atoms with Gasteiger partial charge in [0.2, 0.25) is 11.9 Å². The van der Waals surface area contributed by atoms with Gasteiger partial charge in [0, 0.05) is 18.3 Å². The van der Waals surface area contributed by atoms with E-state index >= 15 is 0 Å². The minimum absolute atomic E-state index is 0.0680. The second kappa shape index (κ2) is 7.79. The number of amides is 2. The van der Waals surface area contributed by atoms with Gasteiger partial charge in [0.15, 0.2) is 0 Å². The lowest BCUT2D eigenvalue weighted by atomic mass is 10.0. The molecule has 2 amide bonds. The number of benzene rings is 2. The lowest BCUT2D eigenvalue weighted by Crippen LogP contribution is -2.43. The Morgan fingerprint density at radius 3 is 2.76 bits per heavy atom. The van der Waals surface area contributed by atoms with Crippen LogP contribution in [0.4, 0.5) is 16.0 Å². The number of rotatable bonds is 5. The number of fused-ring (bicyclic) bond motifs is 1. The predicted molar refractivity (Wildman–Crippen MR) is 107 cm³/mol. The minimum Gasteiger partial charge on any atom is -0.354 e. The molecule has 0 saturated carbocycles. The molecule has 0 radical (unpaired) electrons. The molecule has 0 bridgehead atoms. The summed E-state index contributed by atoms with van der Waals surface area (Å²) >= 11 is 0. The maximum Gasteiger partial charge on any atom is 0.284 e. The first-order valence-corrected chi connectivity index (χ1v) is 9.29. The van der Waals surface area contributed by atoms with E-state index in [4.69, 9.17) is 0 Å². The van der Waals surface area contributed by atoms with Crippen LogP contribution < -0.4 is 10.2 Å². The molecule has 4 rings (SSSR count). The number of anilines is 2. The molecule has 1 aliphatic heterocycles. The molecule has 0 saturated heterocycles. The van der Waals surface area contributed by atoms with Crippen molar-refractivity contribution >= 4 is 23.5 Å². The van der Waals surface area contributed by atoms with Gasteiger partial charge in [-0.25, -0.2) is 19.3 Å². The monoisotopic (exact) mass is 390 g/mol. The SMILES string of the molecule is Cc1cccc(N2C(=O)Cc3cnc(NCCc4cccc(F)c4)nc3C2=O)c1. The van der Waals surface area contributed by atoms with E-state index in [-0.39, 0.29) is 23.8 Å². The number of nitrogens with zero attached hydrogens (tertiary/aromatic N) is 3. The van der Waals surface area contributed by atoms with E-state index in [1.165, 1.54) is 23.2 Å². The van der Waals surface area contributed by atoms with Crippen molar-refractivity contribution in [2.24, 2.45) is 0 Å². The number of aromatic nitrogens is 2. The van der Waals surface area contributed by atoms with Crippen LogP contribution >= 0.6 is 0 Å². The Morgan fingerprint density at radius 2 is 1.97 bits per heavy atom. The Morgan fingerprint density at radius 1 is 1.14 bits per heavy atom. The van der Waals surface area contributed by atoms with E-state index in [0.29, 0.717) is 30.2 Å². The highest BCUT2D eigenvalue weighted by molar-refractivity contribution is 6.24. The van der Waals surface area contributed by atoms with Crippen LogP contribution in [0.5, 0.6) is 0 Å². The van der Waals surface area contributed by atoms with Crippen molar-refractivity contribution in [2.45, 2.75) is 19.8 Å². The Kier molecular flexibility index (Phi) is 5.03. The van der Waals surface area contributed by atoms with Crippen LogP contribution in [0, 0.1) is 12.7 Å². The van der Waals surface area contributed by atoms with Crippen LogP contribution in [0.1, 0.15) is 27.2 Å². The van der Waals surface area contributed by atoms with Gasteiger partial charge in [-0.3, -0.25) is 9.59 Å². The molecule has 2 heterocycles. The average molecular weight is 390 g/mol.